The van der Waals surface area contributed by atoms with Crippen LogP contribution in [-0.4, -0.2) is 40.7 Å². The van der Waals surface area contributed by atoms with Crippen LogP contribution in [0.1, 0.15) is 52.9 Å². The number of rotatable bonds is 9. The first kappa shape index (κ1) is 23.4. The van der Waals surface area contributed by atoms with Crippen LogP contribution in [0.2, 0.25) is 0 Å². The number of amides is 2. The number of carboxylic acid groups (broad SMARTS) is 1. The van der Waals surface area contributed by atoms with Crippen molar-refractivity contribution in [2.24, 2.45) is 0 Å². The molecule has 0 fully saturated rings. The number of benzene rings is 2. The minimum absolute atomic E-state index is 0.0178. The number of thiazole rings is 1. The largest absolute Gasteiger partial charge is 0.481 e. The van der Waals surface area contributed by atoms with Gasteiger partial charge in [0.25, 0.3) is 5.91 Å². The van der Waals surface area contributed by atoms with Gasteiger partial charge in [0.05, 0.1) is 6.20 Å². The van der Waals surface area contributed by atoms with Gasteiger partial charge in [-0.1, -0.05) is 66.8 Å². The van der Waals surface area contributed by atoms with Gasteiger partial charge in [0.1, 0.15) is 11.5 Å². The van der Waals surface area contributed by atoms with Gasteiger partial charge < -0.3 is 15.2 Å². The number of aliphatic carboxylic acids is 1. The highest BCUT2D eigenvalue weighted by atomic mass is 32.1. The maximum absolute atomic E-state index is 12.5. The standard InChI is InChI=1S/C25H25N3O5S/c1-2-15(11-12-22(29)30)27-23(31)21-13-26-24(34-21)28-25(32)33-14-20-18-9-5-3-7-16(18)17-8-4-6-10-19(17)20/h3-10,13,15,20H,2,11-12,14H2,1H3,(H,27,31)(H,29,30)(H,26,28,32). The van der Waals surface area contributed by atoms with Crippen LogP contribution < -0.4 is 10.6 Å². The normalized spacial score (nSPS) is 13.0. The summed E-state index contributed by atoms with van der Waals surface area (Å²) in [5, 5.41) is 14.5. The molecule has 3 N–H and O–H groups in total. The third kappa shape index (κ3) is 5.26. The van der Waals surface area contributed by atoms with Crippen molar-refractivity contribution in [3.63, 3.8) is 0 Å². The molecule has 4 rings (SSSR count). The number of hydrogen-bond acceptors (Lipinski definition) is 6. The van der Waals surface area contributed by atoms with Crippen molar-refractivity contribution in [2.45, 2.75) is 38.1 Å². The highest BCUT2D eigenvalue weighted by molar-refractivity contribution is 7.17. The maximum Gasteiger partial charge on any atom is 0.413 e. The molecular weight excluding hydrogens is 454 g/mol. The second-order valence-electron chi connectivity index (χ2n) is 7.99. The zero-order valence-corrected chi connectivity index (χ0v) is 19.4. The first-order valence-electron chi connectivity index (χ1n) is 11.1. The molecule has 0 saturated heterocycles. The molecule has 0 bridgehead atoms. The van der Waals surface area contributed by atoms with Gasteiger partial charge in [0, 0.05) is 18.4 Å². The Balaban J connectivity index is 1.33. The van der Waals surface area contributed by atoms with Crippen molar-refractivity contribution in [1.82, 2.24) is 10.3 Å². The SMILES string of the molecule is CCC(CCC(=O)O)NC(=O)c1cnc(NC(=O)OCC2c3ccccc3-c3ccccc32)s1. The third-order valence-electron chi connectivity index (χ3n) is 5.82. The van der Waals surface area contributed by atoms with Crippen molar-refractivity contribution in [1.29, 1.82) is 0 Å². The molecule has 1 heterocycles. The Kier molecular flexibility index (Phi) is 7.22. The van der Waals surface area contributed by atoms with E-state index in [1.54, 1.807) is 0 Å². The molecule has 0 spiro atoms. The second kappa shape index (κ2) is 10.5. The minimum atomic E-state index is -0.903. The molecule has 8 nitrogen and oxygen atoms in total. The fraction of sp³-hybridized carbons (Fsp3) is 0.280. The Labute approximate surface area is 201 Å². The fourth-order valence-corrected chi connectivity index (χ4v) is 4.80. The van der Waals surface area contributed by atoms with E-state index in [9.17, 15) is 14.4 Å². The van der Waals surface area contributed by atoms with E-state index in [4.69, 9.17) is 9.84 Å². The summed E-state index contributed by atoms with van der Waals surface area (Å²) >= 11 is 1.03. The zero-order chi connectivity index (χ0) is 24.1. The number of hydrogen-bond donors (Lipinski definition) is 3. The lowest BCUT2D eigenvalue weighted by atomic mass is 9.98. The summed E-state index contributed by atoms with van der Waals surface area (Å²) in [6.45, 7) is 2.06. The van der Waals surface area contributed by atoms with Crippen LogP contribution >= 0.6 is 11.3 Å². The Morgan fingerprint density at radius 1 is 1.09 bits per heavy atom. The van der Waals surface area contributed by atoms with Gasteiger partial charge in [-0.3, -0.25) is 14.9 Å². The van der Waals surface area contributed by atoms with E-state index in [1.165, 1.54) is 6.20 Å². The highest BCUT2D eigenvalue weighted by Crippen LogP contribution is 2.44. The van der Waals surface area contributed by atoms with Crippen LogP contribution in [0.25, 0.3) is 11.1 Å². The molecule has 1 aliphatic carbocycles. The molecule has 2 aromatic carbocycles. The molecule has 176 valence electrons. The molecule has 34 heavy (non-hydrogen) atoms. The van der Waals surface area contributed by atoms with Crippen molar-refractivity contribution in [3.05, 3.63) is 70.7 Å². The summed E-state index contributed by atoms with van der Waals surface area (Å²) in [5.74, 6) is -1.30. The van der Waals surface area contributed by atoms with Crippen molar-refractivity contribution >= 4 is 34.4 Å². The summed E-state index contributed by atoms with van der Waals surface area (Å²) in [5.41, 5.74) is 4.55. The number of ether oxygens (including phenoxy) is 1. The molecule has 3 aromatic rings. The molecule has 0 aliphatic heterocycles. The number of fused-ring (bicyclic) bond motifs is 3. The molecule has 0 saturated carbocycles. The topological polar surface area (TPSA) is 118 Å². The Bertz CT molecular complexity index is 1160. The third-order valence-corrected chi connectivity index (χ3v) is 6.73. The highest BCUT2D eigenvalue weighted by Gasteiger charge is 2.29. The summed E-state index contributed by atoms with van der Waals surface area (Å²) in [4.78, 5) is 40.1. The summed E-state index contributed by atoms with van der Waals surface area (Å²) in [7, 11) is 0. The fourth-order valence-electron chi connectivity index (χ4n) is 4.09. The number of anilines is 1. The maximum atomic E-state index is 12.5. The molecule has 1 unspecified atom stereocenters. The lowest BCUT2D eigenvalue weighted by molar-refractivity contribution is -0.137. The average Bonchev–Trinajstić information content (AvgIpc) is 3.43. The van der Waals surface area contributed by atoms with Crippen LogP contribution in [0.15, 0.2) is 54.7 Å². The average molecular weight is 480 g/mol. The summed E-state index contributed by atoms with van der Waals surface area (Å²) in [6, 6.07) is 15.9. The van der Waals surface area contributed by atoms with Crippen LogP contribution in [0, 0.1) is 0 Å². The Morgan fingerprint density at radius 2 is 1.74 bits per heavy atom. The molecule has 0 radical (unpaired) electrons. The van der Waals surface area contributed by atoms with E-state index in [-0.39, 0.29) is 36.0 Å². The van der Waals surface area contributed by atoms with E-state index in [1.807, 2.05) is 43.3 Å². The van der Waals surface area contributed by atoms with Crippen molar-refractivity contribution in [3.8, 4) is 11.1 Å². The summed E-state index contributed by atoms with van der Waals surface area (Å²) < 4.78 is 5.51. The smallest absolute Gasteiger partial charge is 0.413 e. The van der Waals surface area contributed by atoms with E-state index in [2.05, 4.69) is 27.8 Å². The van der Waals surface area contributed by atoms with Crippen LogP contribution in [0.3, 0.4) is 0 Å². The number of nitrogens with one attached hydrogen (secondary N) is 2. The van der Waals surface area contributed by atoms with Gasteiger partial charge in [-0.2, -0.15) is 0 Å². The van der Waals surface area contributed by atoms with Crippen molar-refractivity contribution < 1.29 is 24.2 Å². The van der Waals surface area contributed by atoms with Gasteiger partial charge in [-0.15, -0.1) is 0 Å². The number of carbonyl (C=O) groups is 3. The molecule has 2 amide bonds. The van der Waals surface area contributed by atoms with Gasteiger partial charge in [-0.05, 0) is 35.1 Å². The number of carboxylic acids is 1. The van der Waals surface area contributed by atoms with Crippen LogP contribution in [-0.2, 0) is 9.53 Å². The quantitative estimate of drug-likeness (QED) is 0.403. The second-order valence-corrected chi connectivity index (χ2v) is 9.02. The van der Waals surface area contributed by atoms with Gasteiger partial charge in [0.2, 0.25) is 0 Å². The summed E-state index contributed by atoms with van der Waals surface area (Å²) in [6.07, 6.45) is 1.68. The van der Waals surface area contributed by atoms with Crippen molar-refractivity contribution in [2.75, 3.05) is 11.9 Å². The van der Waals surface area contributed by atoms with E-state index >= 15 is 0 Å². The number of nitrogens with zero attached hydrogens (tertiary/aromatic N) is 1. The van der Waals surface area contributed by atoms with Gasteiger partial charge in [0.15, 0.2) is 5.13 Å². The lowest BCUT2D eigenvalue weighted by Crippen LogP contribution is -2.34. The predicted octanol–water partition coefficient (Wildman–Crippen LogP) is 4.88. The number of carbonyl (C=O) groups excluding carboxylic acids is 2. The lowest BCUT2D eigenvalue weighted by Gasteiger charge is -2.15. The van der Waals surface area contributed by atoms with Gasteiger partial charge in [-0.25, -0.2) is 9.78 Å². The monoisotopic (exact) mass is 479 g/mol. The minimum Gasteiger partial charge on any atom is -0.481 e. The van der Waals surface area contributed by atoms with Crippen LogP contribution in [0.4, 0.5) is 9.93 Å². The first-order chi connectivity index (χ1) is 16.5. The molecule has 1 aliphatic rings. The molecular formula is C25H25N3O5S. The predicted molar refractivity (Wildman–Crippen MR) is 129 cm³/mol. The molecule has 1 aromatic heterocycles. The number of aromatic nitrogens is 1. The Hall–Kier alpha value is -3.72. The molecule has 9 heteroatoms. The zero-order valence-electron chi connectivity index (χ0n) is 18.6. The van der Waals surface area contributed by atoms with Crippen LogP contribution in [0.5, 0.6) is 0 Å². The van der Waals surface area contributed by atoms with E-state index < -0.39 is 12.1 Å². The van der Waals surface area contributed by atoms with E-state index in [0.29, 0.717) is 17.7 Å². The Morgan fingerprint density at radius 3 is 2.35 bits per heavy atom. The first-order valence-corrected chi connectivity index (χ1v) is 11.9. The molecule has 1 atom stereocenters. The van der Waals surface area contributed by atoms with E-state index in [0.717, 1.165) is 33.6 Å². The van der Waals surface area contributed by atoms with Gasteiger partial charge >= 0.3 is 12.1 Å².